The lowest BCUT2D eigenvalue weighted by Crippen LogP contribution is -2.07. The van der Waals surface area contributed by atoms with Gasteiger partial charge in [0.25, 0.3) is 0 Å². The number of esters is 1. The lowest BCUT2D eigenvalue weighted by Gasteiger charge is -2.05. The summed E-state index contributed by atoms with van der Waals surface area (Å²) in [5, 5.41) is 4.28. The number of para-hydroxylation sites is 1. The molecule has 0 aliphatic carbocycles. The maximum Gasteiger partial charge on any atom is 0.310 e. The Labute approximate surface area is 135 Å². The molecule has 2 aromatic carbocycles. The normalized spacial score (nSPS) is 10.5. The Morgan fingerprint density at radius 1 is 1.09 bits per heavy atom. The van der Waals surface area contributed by atoms with Gasteiger partial charge in [-0.3, -0.25) is 4.79 Å². The molecule has 1 heterocycles. The molecule has 0 N–H and O–H groups in total. The fourth-order valence-corrected chi connectivity index (χ4v) is 2.36. The number of aromatic nitrogens is 2. The third-order valence-corrected chi connectivity index (χ3v) is 3.49. The van der Waals surface area contributed by atoms with Gasteiger partial charge in [0.15, 0.2) is 0 Å². The molecule has 0 fully saturated rings. The molecule has 1 aromatic heterocycles. The molecule has 0 aliphatic rings. The van der Waals surface area contributed by atoms with Crippen LogP contribution in [0.2, 0.25) is 0 Å². The molecule has 3 rings (SSSR count). The fourth-order valence-electron chi connectivity index (χ4n) is 2.36. The summed E-state index contributed by atoms with van der Waals surface area (Å²) in [6, 6.07) is 17.7. The van der Waals surface area contributed by atoms with Crippen molar-refractivity contribution in [3.63, 3.8) is 0 Å². The van der Waals surface area contributed by atoms with Crippen molar-refractivity contribution in [2.75, 3.05) is 0 Å². The average Bonchev–Trinajstić information content (AvgIpc) is 3.02. The Morgan fingerprint density at radius 3 is 2.70 bits per heavy atom. The van der Waals surface area contributed by atoms with Crippen LogP contribution in [0.15, 0.2) is 67.0 Å². The van der Waals surface area contributed by atoms with E-state index in [2.05, 4.69) is 5.10 Å². The Hall–Kier alpha value is -2.88. The highest BCUT2D eigenvalue weighted by Gasteiger charge is 2.08. The molecule has 0 bridgehead atoms. The maximum absolute atomic E-state index is 12.0. The van der Waals surface area contributed by atoms with Gasteiger partial charge >= 0.3 is 5.97 Å². The molecule has 4 nitrogen and oxygen atoms in total. The maximum atomic E-state index is 12.0. The van der Waals surface area contributed by atoms with Crippen LogP contribution in [0.4, 0.5) is 0 Å². The van der Waals surface area contributed by atoms with E-state index < -0.39 is 0 Å². The van der Waals surface area contributed by atoms with Crippen LogP contribution in [0.1, 0.15) is 16.7 Å². The molecule has 3 aromatic rings. The van der Waals surface area contributed by atoms with E-state index in [1.807, 2.05) is 67.7 Å². The van der Waals surface area contributed by atoms with Crippen LogP contribution in [0.5, 0.6) is 0 Å². The van der Waals surface area contributed by atoms with Gasteiger partial charge in [-0.25, -0.2) is 4.68 Å². The standard InChI is InChI=1S/C19H18N2O2/c1-15-6-5-7-16(10-15)14-23-19(22)11-17-12-20-21(13-17)18-8-3-2-4-9-18/h2-10,12-13H,11,14H2,1H3. The van der Waals surface area contributed by atoms with Gasteiger partial charge in [0, 0.05) is 11.8 Å². The first-order valence-electron chi connectivity index (χ1n) is 7.51. The molecule has 23 heavy (non-hydrogen) atoms. The van der Waals surface area contributed by atoms with E-state index >= 15 is 0 Å². The van der Waals surface area contributed by atoms with Gasteiger partial charge < -0.3 is 4.74 Å². The predicted molar refractivity (Wildman–Crippen MR) is 88.2 cm³/mol. The van der Waals surface area contributed by atoms with E-state index in [9.17, 15) is 4.79 Å². The summed E-state index contributed by atoms with van der Waals surface area (Å²) in [6.07, 6.45) is 3.77. The number of hydrogen-bond acceptors (Lipinski definition) is 3. The number of benzene rings is 2. The van der Waals surface area contributed by atoms with E-state index in [1.165, 1.54) is 0 Å². The molecule has 0 aliphatic heterocycles. The largest absolute Gasteiger partial charge is 0.461 e. The number of nitrogens with zero attached hydrogens (tertiary/aromatic N) is 2. The van der Waals surface area contributed by atoms with Gasteiger partial charge in [-0.05, 0) is 24.6 Å². The summed E-state index contributed by atoms with van der Waals surface area (Å²) < 4.78 is 7.08. The van der Waals surface area contributed by atoms with E-state index in [1.54, 1.807) is 10.9 Å². The second kappa shape index (κ2) is 6.92. The van der Waals surface area contributed by atoms with Gasteiger partial charge in [0.2, 0.25) is 0 Å². The first kappa shape index (κ1) is 15.0. The predicted octanol–water partition coefficient (Wildman–Crippen LogP) is 3.47. The van der Waals surface area contributed by atoms with Crippen LogP contribution < -0.4 is 0 Å². The van der Waals surface area contributed by atoms with Crippen LogP contribution >= 0.6 is 0 Å². The fraction of sp³-hybridized carbons (Fsp3) is 0.158. The highest BCUT2D eigenvalue weighted by Crippen LogP contribution is 2.10. The molecule has 0 saturated heterocycles. The van der Waals surface area contributed by atoms with Gasteiger partial charge in [-0.1, -0.05) is 48.0 Å². The average molecular weight is 306 g/mol. The zero-order valence-corrected chi connectivity index (χ0v) is 13.0. The van der Waals surface area contributed by atoms with Gasteiger partial charge in [-0.15, -0.1) is 0 Å². The van der Waals surface area contributed by atoms with Crippen molar-refractivity contribution in [3.05, 3.63) is 83.7 Å². The summed E-state index contributed by atoms with van der Waals surface area (Å²) in [4.78, 5) is 12.0. The molecule has 116 valence electrons. The Morgan fingerprint density at radius 2 is 1.91 bits per heavy atom. The third kappa shape index (κ3) is 4.07. The molecule has 0 saturated carbocycles. The van der Waals surface area contributed by atoms with Crippen LogP contribution in [-0.4, -0.2) is 15.7 Å². The second-order valence-electron chi connectivity index (χ2n) is 5.46. The minimum Gasteiger partial charge on any atom is -0.461 e. The highest BCUT2D eigenvalue weighted by atomic mass is 16.5. The summed E-state index contributed by atoms with van der Waals surface area (Å²) in [5.74, 6) is -0.251. The number of hydrogen-bond donors (Lipinski definition) is 0. The molecule has 0 unspecified atom stereocenters. The van der Waals surface area contributed by atoms with Crippen LogP contribution in [-0.2, 0) is 22.6 Å². The minimum atomic E-state index is -0.251. The van der Waals surface area contributed by atoms with Crippen LogP contribution in [0.25, 0.3) is 5.69 Å². The van der Waals surface area contributed by atoms with Crippen molar-refractivity contribution in [3.8, 4) is 5.69 Å². The topological polar surface area (TPSA) is 44.1 Å². The summed E-state index contributed by atoms with van der Waals surface area (Å²) in [7, 11) is 0. The molecule has 0 amide bonds. The van der Waals surface area contributed by atoms with Crippen molar-refractivity contribution in [2.45, 2.75) is 20.0 Å². The molecule has 0 spiro atoms. The van der Waals surface area contributed by atoms with Crippen LogP contribution in [0, 0.1) is 6.92 Å². The van der Waals surface area contributed by atoms with E-state index in [0.29, 0.717) is 6.61 Å². The monoisotopic (exact) mass is 306 g/mol. The highest BCUT2D eigenvalue weighted by molar-refractivity contribution is 5.72. The van der Waals surface area contributed by atoms with Crippen molar-refractivity contribution >= 4 is 5.97 Å². The molecule has 4 heteroatoms. The van der Waals surface area contributed by atoms with E-state index in [0.717, 1.165) is 22.4 Å². The number of rotatable bonds is 5. The van der Waals surface area contributed by atoms with Crippen molar-refractivity contribution < 1.29 is 9.53 Å². The zero-order valence-electron chi connectivity index (χ0n) is 13.0. The van der Waals surface area contributed by atoms with Gasteiger partial charge in [0.05, 0.1) is 18.3 Å². The van der Waals surface area contributed by atoms with Gasteiger partial charge in [0.1, 0.15) is 6.61 Å². The summed E-state index contributed by atoms with van der Waals surface area (Å²) >= 11 is 0. The first-order chi connectivity index (χ1) is 11.2. The number of carbonyl (C=O) groups is 1. The number of ether oxygens (including phenoxy) is 1. The lowest BCUT2D eigenvalue weighted by atomic mass is 10.1. The Kier molecular flexibility index (Phi) is 4.52. The van der Waals surface area contributed by atoms with Crippen LogP contribution in [0.3, 0.4) is 0 Å². The number of aryl methyl sites for hydroxylation is 1. The lowest BCUT2D eigenvalue weighted by molar-refractivity contribution is -0.144. The molecular weight excluding hydrogens is 288 g/mol. The van der Waals surface area contributed by atoms with Crippen molar-refractivity contribution in [2.24, 2.45) is 0 Å². The third-order valence-electron chi connectivity index (χ3n) is 3.49. The SMILES string of the molecule is Cc1cccc(COC(=O)Cc2cnn(-c3ccccc3)c2)c1. The molecule has 0 atom stereocenters. The number of carbonyl (C=O) groups excluding carboxylic acids is 1. The molecule has 0 radical (unpaired) electrons. The summed E-state index contributed by atoms with van der Waals surface area (Å²) in [6.45, 7) is 2.32. The zero-order chi connectivity index (χ0) is 16.1. The van der Waals surface area contributed by atoms with E-state index in [-0.39, 0.29) is 12.4 Å². The van der Waals surface area contributed by atoms with Crippen molar-refractivity contribution in [1.29, 1.82) is 0 Å². The smallest absolute Gasteiger partial charge is 0.310 e. The van der Waals surface area contributed by atoms with Crippen molar-refractivity contribution in [1.82, 2.24) is 9.78 Å². The second-order valence-corrected chi connectivity index (χ2v) is 5.46. The van der Waals surface area contributed by atoms with E-state index in [4.69, 9.17) is 4.74 Å². The quantitative estimate of drug-likeness (QED) is 0.678. The first-order valence-corrected chi connectivity index (χ1v) is 7.51. The summed E-state index contributed by atoms with van der Waals surface area (Å²) in [5.41, 5.74) is 3.95. The minimum absolute atomic E-state index is 0.221. The Bertz CT molecular complexity index is 794. The molecular formula is C19H18N2O2. The Balaban J connectivity index is 1.57. The van der Waals surface area contributed by atoms with Gasteiger partial charge in [-0.2, -0.15) is 5.10 Å².